The van der Waals surface area contributed by atoms with Gasteiger partial charge in [-0.15, -0.1) is 0 Å². The van der Waals surface area contributed by atoms with E-state index >= 15 is 0 Å². The monoisotopic (exact) mass is 282 g/mol. The molecule has 106 valence electrons. The number of benzene rings is 1. The number of hydrogen-bond acceptors (Lipinski definition) is 4. The van der Waals surface area contributed by atoms with Crippen LogP contribution in [0.25, 0.3) is 11.0 Å². The third-order valence-corrected chi connectivity index (χ3v) is 3.44. The van der Waals surface area contributed by atoms with Crippen LogP contribution in [0.5, 0.6) is 0 Å². The molecular weight excluding hydrogens is 268 g/mol. The molecule has 3 aromatic rings. The van der Waals surface area contributed by atoms with Crippen LogP contribution in [0, 0.1) is 10.1 Å². The Morgan fingerprint density at radius 3 is 2.67 bits per heavy atom. The molecule has 0 fully saturated rings. The maximum Gasteiger partial charge on any atom is 0.269 e. The lowest BCUT2D eigenvalue weighted by atomic mass is 10.2. The summed E-state index contributed by atoms with van der Waals surface area (Å²) in [6.45, 7) is 1.06. The molecule has 0 saturated heterocycles. The van der Waals surface area contributed by atoms with E-state index in [1.54, 1.807) is 18.3 Å². The Balaban J connectivity index is 1.96. The summed E-state index contributed by atoms with van der Waals surface area (Å²) in [5.74, 6) is 0. The topological polar surface area (TPSA) is 87.0 Å². The van der Waals surface area contributed by atoms with Crippen LogP contribution in [0.3, 0.4) is 0 Å². The predicted octanol–water partition coefficient (Wildman–Crippen LogP) is 2.45. The van der Waals surface area contributed by atoms with E-state index in [1.807, 2.05) is 22.9 Å². The summed E-state index contributed by atoms with van der Waals surface area (Å²) in [6, 6.07) is 10.4. The number of nitrogens with two attached hydrogens (primary N) is 1. The van der Waals surface area contributed by atoms with Gasteiger partial charge in [0.25, 0.3) is 5.69 Å². The van der Waals surface area contributed by atoms with Gasteiger partial charge in [0.1, 0.15) is 5.65 Å². The second kappa shape index (κ2) is 5.34. The third-order valence-electron chi connectivity index (χ3n) is 3.44. The van der Waals surface area contributed by atoms with Gasteiger partial charge in [-0.05, 0) is 23.3 Å². The van der Waals surface area contributed by atoms with Gasteiger partial charge in [0.2, 0.25) is 0 Å². The molecule has 3 rings (SSSR count). The molecule has 0 bridgehead atoms. The molecule has 1 aromatic carbocycles. The molecule has 2 N–H and O–H groups in total. The molecule has 2 aromatic heterocycles. The molecule has 6 heteroatoms. The summed E-state index contributed by atoms with van der Waals surface area (Å²) >= 11 is 0. The molecule has 21 heavy (non-hydrogen) atoms. The largest absolute Gasteiger partial charge is 0.328 e. The molecule has 0 amide bonds. The van der Waals surface area contributed by atoms with Crippen molar-refractivity contribution in [1.82, 2.24) is 9.55 Å². The highest BCUT2D eigenvalue weighted by Crippen LogP contribution is 2.21. The van der Waals surface area contributed by atoms with Crippen LogP contribution in [-0.2, 0) is 13.1 Å². The lowest BCUT2D eigenvalue weighted by Crippen LogP contribution is -1.99. The SMILES string of the molecule is NCc1cn(Cc2ccc([N+](=O)[O-])cc2)c2ncccc12. The van der Waals surface area contributed by atoms with Crippen LogP contribution in [-0.4, -0.2) is 14.5 Å². The van der Waals surface area contributed by atoms with Crippen LogP contribution in [0.4, 0.5) is 5.69 Å². The van der Waals surface area contributed by atoms with Gasteiger partial charge in [0, 0.05) is 43.0 Å². The molecule has 0 unspecified atom stereocenters. The third kappa shape index (κ3) is 2.48. The second-order valence-corrected chi connectivity index (χ2v) is 4.78. The summed E-state index contributed by atoms with van der Waals surface area (Å²) < 4.78 is 2.01. The summed E-state index contributed by atoms with van der Waals surface area (Å²) in [4.78, 5) is 14.7. The zero-order valence-electron chi connectivity index (χ0n) is 11.3. The Hall–Kier alpha value is -2.73. The first kappa shape index (κ1) is 13.3. The second-order valence-electron chi connectivity index (χ2n) is 4.78. The van der Waals surface area contributed by atoms with Gasteiger partial charge in [0.15, 0.2) is 0 Å². The average Bonchev–Trinajstić information content (AvgIpc) is 2.86. The van der Waals surface area contributed by atoms with Crippen LogP contribution >= 0.6 is 0 Å². The zero-order valence-corrected chi connectivity index (χ0v) is 11.3. The average molecular weight is 282 g/mol. The number of pyridine rings is 1. The quantitative estimate of drug-likeness (QED) is 0.588. The maximum atomic E-state index is 10.7. The standard InChI is InChI=1S/C15H14N4O2/c16-8-12-10-18(15-14(12)2-1-7-17-15)9-11-3-5-13(6-4-11)19(20)21/h1-7,10H,8-9,16H2. The number of nitrogens with zero attached hydrogens (tertiary/aromatic N) is 3. The highest BCUT2D eigenvalue weighted by atomic mass is 16.6. The minimum atomic E-state index is -0.400. The van der Waals surface area contributed by atoms with Crippen molar-refractivity contribution in [2.45, 2.75) is 13.1 Å². The van der Waals surface area contributed by atoms with Gasteiger partial charge in [-0.25, -0.2) is 4.98 Å². The van der Waals surface area contributed by atoms with E-state index in [0.29, 0.717) is 13.1 Å². The molecule has 0 aliphatic rings. The smallest absolute Gasteiger partial charge is 0.269 e. The fourth-order valence-corrected chi connectivity index (χ4v) is 2.40. The van der Waals surface area contributed by atoms with Crippen molar-refractivity contribution >= 4 is 16.7 Å². The van der Waals surface area contributed by atoms with Gasteiger partial charge < -0.3 is 10.3 Å². The molecule has 6 nitrogen and oxygen atoms in total. The fraction of sp³-hybridized carbons (Fsp3) is 0.133. The van der Waals surface area contributed by atoms with Crippen molar-refractivity contribution in [3.05, 3.63) is 70.0 Å². The molecule has 0 saturated carbocycles. The first-order chi connectivity index (χ1) is 10.2. The van der Waals surface area contributed by atoms with Crippen LogP contribution < -0.4 is 5.73 Å². The van der Waals surface area contributed by atoms with Crippen molar-refractivity contribution in [2.75, 3.05) is 0 Å². The van der Waals surface area contributed by atoms with Gasteiger partial charge in [-0.1, -0.05) is 12.1 Å². The normalized spacial score (nSPS) is 10.9. The number of hydrogen-bond donors (Lipinski definition) is 1. The number of non-ortho nitro benzene ring substituents is 1. The number of fused-ring (bicyclic) bond motifs is 1. The summed E-state index contributed by atoms with van der Waals surface area (Å²) in [7, 11) is 0. The molecular formula is C15H14N4O2. The summed E-state index contributed by atoms with van der Waals surface area (Å²) in [5, 5.41) is 11.7. The predicted molar refractivity (Wildman–Crippen MR) is 79.8 cm³/mol. The minimum Gasteiger partial charge on any atom is -0.328 e. The van der Waals surface area contributed by atoms with Crippen LogP contribution in [0.15, 0.2) is 48.8 Å². The van der Waals surface area contributed by atoms with Gasteiger partial charge >= 0.3 is 0 Å². The molecule has 0 aliphatic carbocycles. The summed E-state index contributed by atoms with van der Waals surface area (Å²) in [5.41, 5.74) is 8.75. The fourth-order valence-electron chi connectivity index (χ4n) is 2.40. The Labute approximate surface area is 121 Å². The number of aromatic nitrogens is 2. The van der Waals surface area contributed by atoms with E-state index in [1.165, 1.54) is 12.1 Å². The number of nitro groups is 1. The van der Waals surface area contributed by atoms with Gasteiger partial charge in [0.05, 0.1) is 4.92 Å². The van der Waals surface area contributed by atoms with Crippen LogP contribution in [0.2, 0.25) is 0 Å². The minimum absolute atomic E-state index is 0.0943. The van der Waals surface area contributed by atoms with E-state index in [4.69, 9.17) is 5.73 Å². The first-order valence-electron chi connectivity index (χ1n) is 6.55. The Bertz CT molecular complexity index is 793. The molecule has 0 aliphatic heterocycles. The first-order valence-corrected chi connectivity index (χ1v) is 6.55. The van der Waals surface area contributed by atoms with Crippen molar-refractivity contribution in [3.63, 3.8) is 0 Å². The Morgan fingerprint density at radius 2 is 2.00 bits per heavy atom. The molecule has 0 radical (unpaired) electrons. The number of nitro benzene ring substituents is 1. The van der Waals surface area contributed by atoms with E-state index in [2.05, 4.69) is 4.98 Å². The summed E-state index contributed by atoms with van der Waals surface area (Å²) in [6.07, 6.45) is 3.73. The Morgan fingerprint density at radius 1 is 1.24 bits per heavy atom. The van der Waals surface area contributed by atoms with Crippen molar-refractivity contribution < 1.29 is 4.92 Å². The van der Waals surface area contributed by atoms with Crippen molar-refractivity contribution in [2.24, 2.45) is 5.73 Å². The van der Waals surface area contributed by atoms with E-state index < -0.39 is 4.92 Å². The zero-order chi connectivity index (χ0) is 14.8. The lowest BCUT2D eigenvalue weighted by molar-refractivity contribution is -0.384. The van der Waals surface area contributed by atoms with Crippen molar-refractivity contribution in [3.8, 4) is 0 Å². The molecule has 2 heterocycles. The van der Waals surface area contributed by atoms with Crippen LogP contribution in [0.1, 0.15) is 11.1 Å². The lowest BCUT2D eigenvalue weighted by Gasteiger charge is -2.04. The highest BCUT2D eigenvalue weighted by molar-refractivity contribution is 5.80. The molecule has 0 atom stereocenters. The van der Waals surface area contributed by atoms with E-state index in [9.17, 15) is 10.1 Å². The Kier molecular flexibility index (Phi) is 3.37. The highest BCUT2D eigenvalue weighted by Gasteiger charge is 2.09. The maximum absolute atomic E-state index is 10.7. The van der Waals surface area contributed by atoms with Gasteiger partial charge in [-0.3, -0.25) is 10.1 Å². The van der Waals surface area contributed by atoms with Crippen molar-refractivity contribution in [1.29, 1.82) is 0 Å². The number of rotatable bonds is 4. The molecule has 0 spiro atoms. The van der Waals surface area contributed by atoms with E-state index in [0.717, 1.165) is 22.2 Å². The van der Waals surface area contributed by atoms with Gasteiger partial charge in [-0.2, -0.15) is 0 Å². The van der Waals surface area contributed by atoms with E-state index in [-0.39, 0.29) is 5.69 Å².